The van der Waals surface area contributed by atoms with Crippen LogP contribution in [0.3, 0.4) is 0 Å². The van der Waals surface area contributed by atoms with Crippen LogP contribution < -0.4 is 15.2 Å². The van der Waals surface area contributed by atoms with Crippen LogP contribution >= 0.6 is 15.9 Å². The first-order chi connectivity index (χ1) is 8.47. The van der Waals surface area contributed by atoms with Crippen molar-refractivity contribution >= 4 is 15.9 Å². The van der Waals surface area contributed by atoms with Crippen LogP contribution in [0.4, 0.5) is 8.78 Å². The van der Waals surface area contributed by atoms with E-state index < -0.39 is 6.61 Å². The number of ether oxygens (including phenoxy) is 2. The second-order valence-corrected chi connectivity index (χ2v) is 4.71. The Morgan fingerprint density at radius 2 is 2.06 bits per heavy atom. The summed E-state index contributed by atoms with van der Waals surface area (Å²) < 4.78 is 34.4. The molecule has 0 fully saturated rings. The standard InChI is InChI=1S/C12H16BrF2NO2/c1-3-8(16)4-7-5-9(13)11(18-12(14)15)10(6-7)17-2/h5-6,8,12H,3-4,16H2,1-2H3. The van der Waals surface area contributed by atoms with Gasteiger partial charge < -0.3 is 15.2 Å². The third-order valence-electron chi connectivity index (χ3n) is 2.52. The SMILES string of the molecule is CCC(N)Cc1cc(Br)c(OC(F)F)c(OC)c1. The molecule has 0 aromatic heterocycles. The average molecular weight is 324 g/mol. The van der Waals surface area contributed by atoms with Crippen LogP contribution in [0.5, 0.6) is 11.5 Å². The number of alkyl halides is 2. The summed E-state index contributed by atoms with van der Waals surface area (Å²) in [7, 11) is 1.41. The topological polar surface area (TPSA) is 44.5 Å². The molecular formula is C12H16BrF2NO2. The average Bonchev–Trinajstić information content (AvgIpc) is 2.31. The van der Waals surface area contributed by atoms with E-state index in [1.807, 2.05) is 6.92 Å². The summed E-state index contributed by atoms with van der Waals surface area (Å²) in [5.41, 5.74) is 6.77. The van der Waals surface area contributed by atoms with Crippen molar-refractivity contribution in [3.05, 3.63) is 22.2 Å². The van der Waals surface area contributed by atoms with Crippen LogP contribution in [0, 0.1) is 0 Å². The lowest BCUT2D eigenvalue weighted by molar-refractivity contribution is -0.0517. The Morgan fingerprint density at radius 1 is 1.39 bits per heavy atom. The van der Waals surface area contributed by atoms with Crippen molar-refractivity contribution in [2.75, 3.05) is 7.11 Å². The number of nitrogens with two attached hydrogens (primary N) is 1. The monoisotopic (exact) mass is 323 g/mol. The molecular weight excluding hydrogens is 308 g/mol. The highest BCUT2D eigenvalue weighted by molar-refractivity contribution is 9.10. The number of methoxy groups -OCH3 is 1. The van der Waals surface area contributed by atoms with Gasteiger partial charge in [0.05, 0.1) is 11.6 Å². The van der Waals surface area contributed by atoms with Crippen molar-refractivity contribution in [1.82, 2.24) is 0 Å². The fourth-order valence-electron chi connectivity index (χ4n) is 1.54. The molecule has 3 nitrogen and oxygen atoms in total. The molecule has 1 aromatic rings. The summed E-state index contributed by atoms with van der Waals surface area (Å²) in [6.07, 6.45) is 1.50. The van der Waals surface area contributed by atoms with Crippen LogP contribution in [-0.2, 0) is 6.42 Å². The predicted octanol–water partition coefficient (Wildman–Crippen LogP) is 3.34. The third-order valence-corrected chi connectivity index (χ3v) is 3.11. The third kappa shape index (κ3) is 4.10. The summed E-state index contributed by atoms with van der Waals surface area (Å²) in [4.78, 5) is 0. The van der Waals surface area contributed by atoms with Crippen molar-refractivity contribution < 1.29 is 18.3 Å². The first-order valence-electron chi connectivity index (χ1n) is 5.54. The van der Waals surface area contributed by atoms with E-state index in [-0.39, 0.29) is 17.5 Å². The van der Waals surface area contributed by atoms with Crippen LogP contribution in [0.15, 0.2) is 16.6 Å². The number of hydrogen-bond acceptors (Lipinski definition) is 3. The Morgan fingerprint density at radius 3 is 2.56 bits per heavy atom. The highest BCUT2D eigenvalue weighted by atomic mass is 79.9. The number of benzene rings is 1. The van der Waals surface area contributed by atoms with E-state index in [1.54, 1.807) is 12.1 Å². The lowest BCUT2D eigenvalue weighted by Crippen LogP contribution is -2.21. The van der Waals surface area contributed by atoms with E-state index in [9.17, 15) is 8.78 Å². The zero-order valence-electron chi connectivity index (χ0n) is 10.3. The summed E-state index contributed by atoms with van der Waals surface area (Å²) >= 11 is 3.20. The molecule has 6 heteroatoms. The van der Waals surface area contributed by atoms with Crippen molar-refractivity contribution in [2.24, 2.45) is 5.73 Å². The van der Waals surface area contributed by atoms with Gasteiger partial charge >= 0.3 is 6.61 Å². The highest BCUT2D eigenvalue weighted by Crippen LogP contribution is 2.37. The van der Waals surface area contributed by atoms with Crippen LogP contribution in [-0.4, -0.2) is 19.8 Å². The fraction of sp³-hybridized carbons (Fsp3) is 0.500. The van der Waals surface area contributed by atoms with Crippen molar-refractivity contribution in [2.45, 2.75) is 32.4 Å². The summed E-state index contributed by atoms with van der Waals surface area (Å²) in [6.45, 7) is -0.899. The van der Waals surface area contributed by atoms with E-state index in [0.29, 0.717) is 10.9 Å². The van der Waals surface area contributed by atoms with Gasteiger partial charge in [-0.2, -0.15) is 8.78 Å². The Kier molecular flexibility index (Phi) is 5.81. The Hall–Kier alpha value is -0.880. The van der Waals surface area contributed by atoms with E-state index >= 15 is 0 Å². The quantitative estimate of drug-likeness (QED) is 0.873. The molecule has 0 heterocycles. The van der Waals surface area contributed by atoms with Gasteiger partial charge in [0.1, 0.15) is 0 Å². The van der Waals surface area contributed by atoms with Crippen molar-refractivity contribution in [3.63, 3.8) is 0 Å². The molecule has 0 aliphatic heterocycles. The molecule has 0 saturated carbocycles. The lowest BCUT2D eigenvalue weighted by Gasteiger charge is -2.15. The van der Waals surface area contributed by atoms with Crippen molar-refractivity contribution in [3.8, 4) is 11.5 Å². The minimum Gasteiger partial charge on any atom is -0.493 e. The molecule has 0 amide bonds. The highest BCUT2D eigenvalue weighted by Gasteiger charge is 2.16. The molecule has 0 saturated heterocycles. The van der Waals surface area contributed by atoms with Crippen LogP contribution in [0.1, 0.15) is 18.9 Å². The first-order valence-corrected chi connectivity index (χ1v) is 6.34. The van der Waals surface area contributed by atoms with Crippen molar-refractivity contribution in [1.29, 1.82) is 0 Å². The smallest absolute Gasteiger partial charge is 0.387 e. The zero-order chi connectivity index (χ0) is 13.7. The van der Waals surface area contributed by atoms with Gasteiger partial charge in [0.15, 0.2) is 11.5 Å². The van der Waals surface area contributed by atoms with Gasteiger partial charge in [0.2, 0.25) is 0 Å². The second kappa shape index (κ2) is 6.89. The van der Waals surface area contributed by atoms with E-state index in [4.69, 9.17) is 10.5 Å². The fourth-order valence-corrected chi connectivity index (χ4v) is 2.12. The Balaban J connectivity index is 3.02. The summed E-state index contributed by atoms with van der Waals surface area (Å²) in [5, 5.41) is 0. The van der Waals surface area contributed by atoms with Crippen LogP contribution in [0.25, 0.3) is 0 Å². The molecule has 0 aliphatic rings. The van der Waals surface area contributed by atoms with Gasteiger partial charge in [0, 0.05) is 6.04 Å². The molecule has 102 valence electrons. The Labute approximate surface area is 113 Å². The molecule has 0 bridgehead atoms. The maximum Gasteiger partial charge on any atom is 0.387 e. The van der Waals surface area contributed by atoms with Gasteiger partial charge in [-0.15, -0.1) is 0 Å². The normalized spacial score (nSPS) is 12.6. The zero-order valence-corrected chi connectivity index (χ0v) is 11.8. The maximum absolute atomic E-state index is 12.3. The van der Waals surface area contributed by atoms with Gasteiger partial charge in [-0.25, -0.2) is 0 Å². The van der Waals surface area contributed by atoms with Crippen LogP contribution in [0.2, 0.25) is 0 Å². The largest absolute Gasteiger partial charge is 0.493 e. The molecule has 1 rings (SSSR count). The molecule has 1 unspecified atom stereocenters. The van der Waals surface area contributed by atoms with E-state index in [1.165, 1.54) is 7.11 Å². The van der Waals surface area contributed by atoms with Gasteiger partial charge in [-0.05, 0) is 46.5 Å². The molecule has 1 atom stereocenters. The lowest BCUT2D eigenvalue weighted by atomic mass is 10.0. The van der Waals surface area contributed by atoms with E-state index in [2.05, 4.69) is 20.7 Å². The molecule has 2 N–H and O–H groups in total. The minimum absolute atomic E-state index is 0.00122. The number of hydrogen-bond donors (Lipinski definition) is 1. The molecule has 18 heavy (non-hydrogen) atoms. The second-order valence-electron chi connectivity index (χ2n) is 3.86. The van der Waals surface area contributed by atoms with E-state index in [0.717, 1.165) is 12.0 Å². The molecule has 0 radical (unpaired) electrons. The maximum atomic E-state index is 12.3. The van der Waals surface area contributed by atoms with Gasteiger partial charge in [0.25, 0.3) is 0 Å². The Bertz CT molecular complexity index is 402. The summed E-state index contributed by atoms with van der Waals surface area (Å²) in [6, 6.07) is 3.41. The number of halogens is 3. The molecule has 0 aliphatic carbocycles. The van der Waals surface area contributed by atoms with Gasteiger partial charge in [-0.3, -0.25) is 0 Å². The molecule has 0 spiro atoms. The van der Waals surface area contributed by atoms with Gasteiger partial charge in [-0.1, -0.05) is 6.92 Å². The summed E-state index contributed by atoms with van der Waals surface area (Å²) in [5.74, 6) is 0.268. The molecule has 1 aromatic carbocycles. The minimum atomic E-state index is -2.89. The first kappa shape index (κ1) is 15.2. The predicted molar refractivity (Wildman–Crippen MR) is 69.3 cm³/mol. The number of rotatable bonds is 6.